The lowest BCUT2D eigenvalue weighted by Gasteiger charge is -2.07. The molecule has 0 bridgehead atoms. The van der Waals surface area contributed by atoms with E-state index in [9.17, 15) is 4.79 Å². The number of benzene rings is 2. The number of aryl methyl sites for hydroxylation is 1. The van der Waals surface area contributed by atoms with Crippen LogP contribution >= 0.6 is 15.9 Å². The summed E-state index contributed by atoms with van der Waals surface area (Å²) < 4.78 is 10.3. The van der Waals surface area contributed by atoms with E-state index in [1.54, 1.807) is 12.3 Å². The first-order chi connectivity index (χ1) is 14.6. The number of rotatable bonds is 4. The van der Waals surface area contributed by atoms with Crippen LogP contribution in [0.15, 0.2) is 85.6 Å². The summed E-state index contributed by atoms with van der Waals surface area (Å²) in [7, 11) is 0. The molecule has 0 atom stereocenters. The van der Waals surface area contributed by atoms with Gasteiger partial charge in [0, 0.05) is 22.6 Å². The van der Waals surface area contributed by atoms with E-state index in [0.29, 0.717) is 28.1 Å². The Morgan fingerprint density at radius 3 is 2.87 bits per heavy atom. The lowest BCUT2D eigenvalue weighted by atomic mass is 10.2. The van der Waals surface area contributed by atoms with Crippen LogP contribution in [0.25, 0.3) is 33.5 Å². The predicted octanol–water partition coefficient (Wildman–Crippen LogP) is 5.28. The first kappa shape index (κ1) is 18.6. The van der Waals surface area contributed by atoms with Gasteiger partial charge in [-0.25, -0.2) is 4.98 Å². The van der Waals surface area contributed by atoms with Crippen molar-refractivity contribution in [3.63, 3.8) is 0 Å². The van der Waals surface area contributed by atoms with Gasteiger partial charge in [-0.2, -0.15) is 9.78 Å². The number of nitrogens with zero attached hydrogens (tertiary/aromatic N) is 4. The number of furan rings is 1. The van der Waals surface area contributed by atoms with Crippen LogP contribution in [0.4, 0.5) is 0 Å². The van der Waals surface area contributed by atoms with E-state index in [2.05, 4.69) is 28.0 Å². The molecule has 0 fully saturated rings. The summed E-state index contributed by atoms with van der Waals surface area (Å²) in [5.41, 5.74) is 1.97. The molecule has 0 N–H and O–H groups in total. The largest absolute Gasteiger partial charge is 0.453 e. The summed E-state index contributed by atoms with van der Waals surface area (Å²) in [5, 5.41) is 5.91. The second-order valence-electron chi connectivity index (χ2n) is 6.83. The number of aromatic nitrogens is 3. The van der Waals surface area contributed by atoms with E-state index in [0.717, 1.165) is 22.1 Å². The van der Waals surface area contributed by atoms with Gasteiger partial charge in [0.25, 0.3) is 5.56 Å². The highest BCUT2D eigenvalue weighted by Gasteiger charge is 2.16. The fourth-order valence-corrected chi connectivity index (χ4v) is 3.84. The minimum Gasteiger partial charge on any atom is -0.453 e. The molecule has 0 aliphatic rings. The average Bonchev–Trinajstić information content (AvgIpc) is 3.39. The molecule has 3 heterocycles. The molecular formula is C23H17BrN4O2. The normalized spacial score (nSPS) is 11.8. The maximum atomic E-state index is 13.3. The van der Waals surface area contributed by atoms with Crippen molar-refractivity contribution in [2.75, 3.05) is 0 Å². The molecule has 2 aromatic carbocycles. The maximum Gasteiger partial charge on any atom is 0.282 e. The van der Waals surface area contributed by atoms with Crippen LogP contribution < -0.4 is 5.56 Å². The molecule has 0 radical (unpaired) electrons. The van der Waals surface area contributed by atoms with Gasteiger partial charge in [-0.05, 0) is 55.5 Å². The van der Waals surface area contributed by atoms with Crippen LogP contribution in [0.3, 0.4) is 0 Å². The Hall–Kier alpha value is -3.45. The Morgan fingerprint density at radius 2 is 2.00 bits per heavy atom. The molecule has 0 unspecified atom stereocenters. The summed E-state index contributed by atoms with van der Waals surface area (Å²) in [4.78, 5) is 18.0. The third-order valence-electron chi connectivity index (χ3n) is 4.96. The monoisotopic (exact) mass is 460 g/mol. The third kappa shape index (κ3) is 3.17. The van der Waals surface area contributed by atoms with Crippen LogP contribution in [0.1, 0.15) is 12.6 Å². The van der Waals surface area contributed by atoms with Gasteiger partial charge in [0.05, 0.1) is 22.8 Å². The van der Waals surface area contributed by atoms with Crippen molar-refractivity contribution in [1.29, 1.82) is 0 Å². The van der Waals surface area contributed by atoms with Crippen molar-refractivity contribution < 1.29 is 4.42 Å². The Morgan fingerprint density at radius 1 is 1.13 bits per heavy atom. The van der Waals surface area contributed by atoms with Crippen molar-refractivity contribution in [2.45, 2.75) is 13.5 Å². The molecule has 3 aromatic heterocycles. The second-order valence-corrected chi connectivity index (χ2v) is 7.74. The molecule has 6 nitrogen and oxygen atoms in total. The Labute approximate surface area is 180 Å². The van der Waals surface area contributed by atoms with Gasteiger partial charge in [-0.15, -0.1) is 0 Å². The summed E-state index contributed by atoms with van der Waals surface area (Å²) >= 11 is 3.48. The van der Waals surface area contributed by atoms with E-state index in [4.69, 9.17) is 9.40 Å². The van der Waals surface area contributed by atoms with Crippen LogP contribution in [-0.4, -0.2) is 20.4 Å². The molecule has 0 spiro atoms. The molecule has 30 heavy (non-hydrogen) atoms. The number of fused-ring (bicyclic) bond motifs is 2. The van der Waals surface area contributed by atoms with Gasteiger partial charge >= 0.3 is 0 Å². The minimum absolute atomic E-state index is 0.247. The second kappa shape index (κ2) is 7.42. The minimum atomic E-state index is -0.247. The van der Waals surface area contributed by atoms with Crippen molar-refractivity contribution in [1.82, 2.24) is 14.2 Å². The standard InChI is InChI=1S/C23H17BrN4O2/c1-2-27-11-5-6-17(27)14-25-28-22(26-19-8-4-3-7-18(19)23(28)29)21-13-15-12-16(24)9-10-20(15)30-21/h3-14H,2H2,1H3. The lowest BCUT2D eigenvalue weighted by molar-refractivity contribution is 0.615. The third-order valence-corrected chi connectivity index (χ3v) is 5.46. The van der Waals surface area contributed by atoms with Crippen LogP contribution in [0, 0.1) is 0 Å². The van der Waals surface area contributed by atoms with Crippen molar-refractivity contribution >= 4 is 44.0 Å². The van der Waals surface area contributed by atoms with Crippen molar-refractivity contribution in [3.8, 4) is 11.6 Å². The number of halogens is 1. The van der Waals surface area contributed by atoms with Crippen LogP contribution in [0.2, 0.25) is 0 Å². The molecule has 0 aliphatic carbocycles. The van der Waals surface area contributed by atoms with Gasteiger partial charge in [-0.1, -0.05) is 28.1 Å². The quantitative estimate of drug-likeness (QED) is 0.343. The highest BCUT2D eigenvalue weighted by atomic mass is 79.9. The Kier molecular flexibility index (Phi) is 4.59. The molecule has 0 saturated heterocycles. The van der Waals surface area contributed by atoms with E-state index < -0.39 is 0 Å². The van der Waals surface area contributed by atoms with Crippen LogP contribution in [0.5, 0.6) is 0 Å². The summed E-state index contributed by atoms with van der Waals surface area (Å²) in [6, 6.07) is 18.8. The first-order valence-electron chi connectivity index (χ1n) is 9.55. The maximum absolute atomic E-state index is 13.3. The molecule has 0 aliphatic heterocycles. The molecule has 148 valence electrons. The lowest BCUT2D eigenvalue weighted by Crippen LogP contribution is -2.20. The topological polar surface area (TPSA) is 65.3 Å². The molecule has 7 heteroatoms. The van der Waals surface area contributed by atoms with Gasteiger partial charge < -0.3 is 8.98 Å². The van der Waals surface area contributed by atoms with Crippen molar-refractivity contribution in [3.05, 3.63) is 87.4 Å². The number of para-hydroxylation sites is 1. The zero-order valence-corrected chi connectivity index (χ0v) is 17.7. The molecule has 0 saturated carbocycles. The van der Waals surface area contributed by atoms with Crippen LogP contribution in [-0.2, 0) is 6.54 Å². The summed E-state index contributed by atoms with van der Waals surface area (Å²) in [5.74, 6) is 0.839. The highest BCUT2D eigenvalue weighted by Crippen LogP contribution is 2.29. The first-order valence-corrected chi connectivity index (χ1v) is 10.3. The number of hydrogen-bond donors (Lipinski definition) is 0. The highest BCUT2D eigenvalue weighted by molar-refractivity contribution is 9.10. The molecule has 5 rings (SSSR count). The average molecular weight is 461 g/mol. The van der Waals surface area contributed by atoms with Gasteiger partial charge in [0.15, 0.2) is 5.76 Å². The predicted molar refractivity (Wildman–Crippen MR) is 122 cm³/mol. The molecule has 0 amide bonds. The van der Waals surface area contributed by atoms with Gasteiger partial charge in [-0.3, -0.25) is 4.79 Å². The Bertz CT molecular complexity index is 1480. The van der Waals surface area contributed by atoms with Crippen molar-refractivity contribution in [2.24, 2.45) is 5.10 Å². The zero-order valence-electron chi connectivity index (χ0n) is 16.1. The van der Waals surface area contributed by atoms with Gasteiger partial charge in [0.1, 0.15) is 5.58 Å². The van der Waals surface area contributed by atoms with E-state index >= 15 is 0 Å². The SMILES string of the molecule is CCn1cccc1C=Nn1c(-c2cc3cc(Br)ccc3o2)nc2ccccc2c1=O. The van der Waals surface area contributed by atoms with E-state index in [1.165, 1.54) is 4.68 Å². The number of hydrogen-bond acceptors (Lipinski definition) is 4. The summed E-state index contributed by atoms with van der Waals surface area (Å²) in [6.45, 7) is 2.86. The Balaban J connectivity index is 1.75. The van der Waals surface area contributed by atoms with E-state index in [1.807, 2.05) is 65.4 Å². The fourth-order valence-electron chi connectivity index (χ4n) is 3.46. The smallest absolute Gasteiger partial charge is 0.282 e. The molecular weight excluding hydrogens is 444 g/mol. The zero-order chi connectivity index (χ0) is 20.7. The van der Waals surface area contributed by atoms with E-state index in [-0.39, 0.29) is 5.56 Å². The summed E-state index contributed by atoms with van der Waals surface area (Å²) in [6.07, 6.45) is 3.64. The van der Waals surface area contributed by atoms with Gasteiger partial charge in [0.2, 0.25) is 5.82 Å². The fraction of sp³-hybridized carbons (Fsp3) is 0.0870. The molecule has 5 aromatic rings.